The predicted molar refractivity (Wildman–Crippen MR) is 229 cm³/mol. The normalized spacial score (nSPS) is 25.5. The van der Waals surface area contributed by atoms with E-state index in [0.29, 0.717) is 37.8 Å². The molecule has 0 aromatic heterocycles. The summed E-state index contributed by atoms with van der Waals surface area (Å²) in [7, 11) is 0. The van der Waals surface area contributed by atoms with Crippen molar-refractivity contribution in [2.24, 2.45) is 31.7 Å². The van der Waals surface area contributed by atoms with Gasteiger partial charge in [-0.15, -0.1) is 26.3 Å². The highest BCUT2D eigenvalue weighted by atomic mass is 15.6. The molecule has 302 valence electrons. The first-order valence-corrected chi connectivity index (χ1v) is 20.2. The molecule has 4 heterocycles. The van der Waals surface area contributed by atoms with E-state index in [1.54, 1.807) is 10.0 Å². The van der Waals surface area contributed by atoms with Crippen molar-refractivity contribution >= 4 is 23.3 Å². The van der Waals surface area contributed by atoms with Crippen LogP contribution in [0.5, 0.6) is 0 Å². The Kier molecular flexibility index (Phi) is 14.8. The number of hydrogen-bond donors (Lipinski definition) is 4. The fourth-order valence-electron chi connectivity index (χ4n) is 9.53. The Labute approximate surface area is 327 Å². The lowest BCUT2D eigenvalue weighted by Gasteiger charge is -2.52. The molecule has 0 bridgehead atoms. The van der Waals surface area contributed by atoms with Gasteiger partial charge in [0.1, 0.15) is 23.3 Å². The average molecular weight is 747 g/mol. The van der Waals surface area contributed by atoms with Gasteiger partial charge in [0.2, 0.25) is 0 Å². The molecule has 2 saturated heterocycles. The summed E-state index contributed by atoms with van der Waals surface area (Å²) in [5.74, 6) is 16.8. The summed E-state index contributed by atoms with van der Waals surface area (Å²) in [6.07, 6.45) is 17.4. The van der Waals surface area contributed by atoms with Crippen LogP contribution in [0.4, 0.5) is 0 Å². The second kappa shape index (κ2) is 18.3. The van der Waals surface area contributed by atoms with E-state index in [2.05, 4.69) is 102 Å². The molecular formula is C42H74N12. The summed E-state index contributed by atoms with van der Waals surface area (Å²) in [6, 6.07) is 0.587. The fraction of sp³-hybridized carbons (Fsp3) is 0.714. The first-order chi connectivity index (χ1) is 25.3. The van der Waals surface area contributed by atoms with E-state index in [1.165, 1.54) is 0 Å². The zero-order valence-electron chi connectivity index (χ0n) is 35.1. The molecule has 0 aromatic carbocycles. The van der Waals surface area contributed by atoms with Gasteiger partial charge in [-0.25, -0.2) is 31.7 Å². The molecule has 4 aliphatic heterocycles. The Morgan fingerprint density at radius 1 is 0.574 bits per heavy atom. The minimum atomic E-state index is -0.333. The van der Waals surface area contributed by atoms with Gasteiger partial charge in [0.25, 0.3) is 0 Å². The third-order valence-corrected chi connectivity index (χ3v) is 10.9. The number of nitrogens with one attached hydrogen (secondary N) is 2. The van der Waals surface area contributed by atoms with Crippen LogP contribution in [0.3, 0.4) is 0 Å². The molecule has 12 heteroatoms. The number of aliphatic imine (C=N–C) groups is 4. The van der Waals surface area contributed by atoms with Crippen LogP contribution in [0.1, 0.15) is 132 Å². The summed E-state index contributed by atoms with van der Waals surface area (Å²) >= 11 is 0. The number of nitrogens with zero attached hydrogens (tertiary/aromatic N) is 8. The molecule has 2 atom stereocenters. The summed E-state index contributed by atoms with van der Waals surface area (Å²) in [4.78, 5) is 24.9. The van der Waals surface area contributed by atoms with E-state index in [9.17, 15) is 0 Å². The molecule has 4 rings (SSSR count). The van der Waals surface area contributed by atoms with Gasteiger partial charge in [-0.05, 0) is 93.9 Å². The van der Waals surface area contributed by atoms with Crippen LogP contribution in [0.25, 0.3) is 0 Å². The van der Waals surface area contributed by atoms with E-state index < -0.39 is 0 Å². The number of unbranched alkanes of at least 4 members (excludes halogenated alkanes) is 3. The maximum Gasteiger partial charge on any atom is 0.195 e. The predicted octanol–water partition coefficient (Wildman–Crippen LogP) is 6.61. The Hall–Kier alpha value is -3.00. The minimum Gasteiger partial charge on any atom is -0.307 e. The highest BCUT2D eigenvalue weighted by Crippen LogP contribution is 2.36. The monoisotopic (exact) mass is 747 g/mol. The van der Waals surface area contributed by atoms with Crippen molar-refractivity contribution in [3.8, 4) is 0 Å². The van der Waals surface area contributed by atoms with Crippen LogP contribution in [-0.2, 0) is 0 Å². The molecule has 2 fully saturated rings. The van der Waals surface area contributed by atoms with Gasteiger partial charge in [-0.3, -0.25) is 19.8 Å². The Morgan fingerprint density at radius 3 is 1.19 bits per heavy atom. The van der Waals surface area contributed by atoms with E-state index in [-0.39, 0.29) is 34.7 Å². The van der Waals surface area contributed by atoms with E-state index in [4.69, 9.17) is 31.7 Å². The molecule has 0 saturated carbocycles. The molecule has 0 aliphatic carbocycles. The molecule has 6 N–H and O–H groups in total. The molecule has 2 unspecified atom stereocenters. The van der Waals surface area contributed by atoms with Crippen molar-refractivity contribution in [1.29, 1.82) is 0 Å². The van der Waals surface area contributed by atoms with Gasteiger partial charge in [-0.2, -0.15) is 0 Å². The zero-order valence-corrected chi connectivity index (χ0v) is 35.1. The third-order valence-electron chi connectivity index (χ3n) is 10.9. The average Bonchev–Trinajstić information content (AvgIpc) is 3.03. The molecule has 0 spiro atoms. The molecule has 4 aliphatic rings. The van der Waals surface area contributed by atoms with Crippen molar-refractivity contribution in [3.63, 3.8) is 0 Å². The van der Waals surface area contributed by atoms with Gasteiger partial charge in [-0.1, -0.05) is 37.1 Å². The Morgan fingerprint density at radius 2 is 0.889 bits per heavy atom. The third kappa shape index (κ3) is 11.8. The van der Waals surface area contributed by atoms with Crippen LogP contribution in [0.15, 0.2) is 70.6 Å². The van der Waals surface area contributed by atoms with Gasteiger partial charge < -0.3 is 10.6 Å². The fourth-order valence-corrected chi connectivity index (χ4v) is 9.53. The number of piperidine rings is 2. The SMILES string of the molecule is C=CCC1=NC(N(CCCCCCN(C2CC(C)(C)NC(C)(C)C2)C2N=C(CC=C)N=C(CC=C)N2N)C2CC(C)(C)NC(C)(C)C2)N(N)C(CC=C)=N1. The van der Waals surface area contributed by atoms with E-state index >= 15 is 0 Å². The van der Waals surface area contributed by atoms with Crippen LogP contribution in [0.2, 0.25) is 0 Å². The van der Waals surface area contributed by atoms with Gasteiger partial charge >= 0.3 is 0 Å². The molecule has 0 radical (unpaired) electrons. The number of hydrazine groups is 2. The first-order valence-electron chi connectivity index (χ1n) is 20.2. The summed E-state index contributed by atoms with van der Waals surface area (Å²) < 4.78 is 0. The van der Waals surface area contributed by atoms with Crippen molar-refractivity contribution in [2.45, 2.75) is 179 Å². The molecule has 12 nitrogen and oxygen atoms in total. The molecule has 0 amide bonds. The van der Waals surface area contributed by atoms with Gasteiger partial charge in [0.05, 0.1) is 0 Å². The molecular weight excluding hydrogens is 673 g/mol. The number of amidine groups is 4. The van der Waals surface area contributed by atoms with Crippen molar-refractivity contribution < 1.29 is 0 Å². The van der Waals surface area contributed by atoms with Crippen LogP contribution in [0, 0.1) is 0 Å². The second-order valence-electron chi connectivity index (χ2n) is 18.4. The van der Waals surface area contributed by atoms with Crippen LogP contribution in [-0.4, -0.2) is 103 Å². The summed E-state index contributed by atoms with van der Waals surface area (Å²) in [5, 5.41) is 11.3. The maximum absolute atomic E-state index is 6.85. The second-order valence-corrected chi connectivity index (χ2v) is 18.4. The van der Waals surface area contributed by atoms with Crippen molar-refractivity contribution in [1.82, 2.24) is 30.5 Å². The number of rotatable bonds is 19. The van der Waals surface area contributed by atoms with Crippen molar-refractivity contribution in [3.05, 3.63) is 50.6 Å². The van der Waals surface area contributed by atoms with Gasteiger partial charge in [0.15, 0.2) is 12.6 Å². The number of nitrogens with two attached hydrogens (primary N) is 2. The topological polar surface area (TPSA) is 138 Å². The standard InChI is InChI=1S/C42H74N12/c1-13-21-33-45-35(23-15-3)53(43)37(47-33)51(31-27-39(5,6)49-40(7,8)28-31)25-19-17-18-20-26-52(32-29-41(9,10)50-42(11,12)30-32)38-48-34(22-14-2)46-36(24-16-4)54(38)44/h13-16,31-32,37-38,49-50H,1-4,17-30,43-44H2,5-12H3. The lowest BCUT2D eigenvalue weighted by molar-refractivity contribution is -0.00404. The lowest BCUT2D eigenvalue weighted by atomic mass is 9.79. The summed E-state index contributed by atoms with van der Waals surface area (Å²) in [5.41, 5.74) is -0.0875. The first kappa shape index (κ1) is 43.7. The van der Waals surface area contributed by atoms with E-state index in [0.717, 1.165) is 87.8 Å². The van der Waals surface area contributed by atoms with Gasteiger partial charge in [0, 0.05) is 73.0 Å². The highest BCUT2D eigenvalue weighted by molar-refractivity contribution is 6.00. The molecule has 0 aromatic rings. The Bertz CT molecular complexity index is 1310. The zero-order chi connectivity index (χ0) is 39.9. The Balaban J connectivity index is 1.53. The maximum atomic E-state index is 6.85. The quantitative estimate of drug-likeness (QED) is 0.0658. The van der Waals surface area contributed by atoms with Crippen molar-refractivity contribution in [2.75, 3.05) is 13.1 Å². The highest BCUT2D eigenvalue weighted by Gasteiger charge is 2.45. The van der Waals surface area contributed by atoms with Crippen LogP contribution < -0.4 is 22.3 Å². The van der Waals surface area contributed by atoms with Crippen LogP contribution >= 0.6 is 0 Å². The molecule has 54 heavy (non-hydrogen) atoms. The largest absolute Gasteiger partial charge is 0.307 e. The van der Waals surface area contributed by atoms with E-state index in [1.807, 2.05) is 24.3 Å². The summed E-state index contributed by atoms with van der Waals surface area (Å²) in [6.45, 7) is 36.1. The lowest BCUT2D eigenvalue weighted by Crippen LogP contribution is -2.66. The minimum absolute atomic E-state index is 0.0219. The smallest absolute Gasteiger partial charge is 0.195 e. The number of hydrogen-bond acceptors (Lipinski definition) is 12.